The van der Waals surface area contributed by atoms with Crippen molar-refractivity contribution in [1.29, 1.82) is 0 Å². The first-order valence-corrected chi connectivity index (χ1v) is 19.5. The molecule has 0 saturated heterocycles. The Morgan fingerprint density at radius 2 is 1.92 bits per heavy atom. The number of rotatable bonds is 11. The molecule has 0 radical (unpaired) electrons. The molecule has 3 N–H and O–H groups in total. The average molecular weight is 736 g/mol. The molecule has 3 aliphatic rings. The second-order valence-electron chi connectivity index (χ2n) is 14.4. The van der Waals surface area contributed by atoms with Gasteiger partial charge in [0.05, 0.1) is 29.7 Å². The van der Waals surface area contributed by atoms with Gasteiger partial charge in [-0.15, -0.1) is 0 Å². The monoisotopic (exact) mass is 735 g/mol. The number of carbonyl (C=O) groups is 3. The van der Waals surface area contributed by atoms with Crippen molar-refractivity contribution < 1.29 is 32.3 Å². The molecule has 2 fully saturated rings. The summed E-state index contributed by atoms with van der Waals surface area (Å²) in [5, 5.41) is 11.1. The van der Waals surface area contributed by atoms with Crippen LogP contribution in [0.25, 0.3) is 22.3 Å². The van der Waals surface area contributed by atoms with Gasteiger partial charge in [0.1, 0.15) is 28.8 Å². The molecule has 0 bridgehead atoms. The number of methoxy groups -OCH3 is 1. The van der Waals surface area contributed by atoms with Gasteiger partial charge >= 0.3 is 6.03 Å². The fourth-order valence-corrected chi connectivity index (χ4v) is 7.87. The molecule has 0 spiro atoms. The first-order valence-electron chi connectivity index (χ1n) is 18.0. The number of fused-ring (bicyclic) bond motifs is 2. The maximum absolute atomic E-state index is 14.0. The van der Waals surface area contributed by atoms with E-state index in [4.69, 9.17) is 19.6 Å². The lowest BCUT2D eigenvalue weighted by Crippen LogP contribution is -2.58. The van der Waals surface area contributed by atoms with Gasteiger partial charge in [-0.1, -0.05) is 19.1 Å². The third-order valence-corrected chi connectivity index (χ3v) is 12.6. The zero-order valence-corrected chi connectivity index (χ0v) is 31.3. The van der Waals surface area contributed by atoms with E-state index in [9.17, 15) is 22.8 Å². The molecule has 2 saturated carbocycles. The van der Waals surface area contributed by atoms with E-state index in [1.165, 1.54) is 4.90 Å². The van der Waals surface area contributed by atoms with Crippen molar-refractivity contribution in [1.82, 2.24) is 35.0 Å². The summed E-state index contributed by atoms with van der Waals surface area (Å²) in [4.78, 5) is 47.4. The van der Waals surface area contributed by atoms with Crippen LogP contribution in [-0.4, -0.2) is 89.6 Å². The normalized spacial score (nSPS) is 23.2. The predicted molar refractivity (Wildman–Crippen MR) is 196 cm³/mol. The first kappa shape index (κ1) is 37.1. The fraction of sp³-hybridized carbons (Fsp3) is 0.541. The van der Waals surface area contributed by atoms with Gasteiger partial charge in [0.25, 0.3) is 5.91 Å². The number of carbonyl (C=O) groups excluding carboxylic acids is 3. The minimum Gasteiger partial charge on any atom is -0.496 e. The lowest BCUT2D eigenvalue weighted by atomic mass is 10.1. The van der Waals surface area contributed by atoms with Crippen molar-refractivity contribution >= 4 is 38.8 Å². The van der Waals surface area contributed by atoms with Crippen LogP contribution in [0, 0.1) is 12.8 Å². The van der Waals surface area contributed by atoms with Crippen molar-refractivity contribution in [3.63, 3.8) is 0 Å². The SMILES string of the molecule is CCCn1ccc(-c2cc(OCC[C@@H]3NC(=O)N(C)CCCCC=C[C@@H]4C[C@@]4(C(=O)NS(=O)(=O)C4(C)CC4)NC3=O)c3ccc(OC)c(C)c3n2)n1. The molecule has 15 heteroatoms. The molecule has 52 heavy (non-hydrogen) atoms. The summed E-state index contributed by atoms with van der Waals surface area (Å²) in [6, 6.07) is 5.89. The van der Waals surface area contributed by atoms with Crippen LogP contribution in [0.3, 0.4) is 0 Å². The second-order valence-corrected chi connectivity index (χ2v) is 16.6. The molecule has 1 aliphatic heterocycles. The van der Waals surface area contributed by atoms with E-state index in [1.54, 1.807) is 21.1 Å². The number of ether oxygens (including phenoxy) is 2. The highest BCUT2D eigenvalue weighted by Crippen LogP contribution is 2.47. The van der Waals surface area contributed by atoms with Crippen molar-refractivity contribution in [3.05, 3.63) is 48.2 Å². The highest BCUT2D eigenvalue weighted by atomic mass is 32.2. The van der Waals surface area contributed by atoms with Gasteiger partial charge in [0.15, 0.2) is 0 Å². The second kappa shape index (κ2) is 14.8. The molecular formula is C37H49N7O7S. The van der Waals surface area contributed by atoms with Gasteiger partial charge < -0.3 is 25.0 Å². The Bertz CT molecular complexity index is 1990. The van der Waals surface area contributed by atoms with Crippen LogP contribution >= 0.6 is 0 Å². The molecule has 3 heterocycles. The smallest absolute Gasteiger partial charge is 0.317 e. The van der Waals surface area contributed by atoms with Crippen molar-refractivity contribution in [2.75, 3.05) is 27.3 Å². The molecule has 2 aliphatic carbocycles. The molecule has 2 aromatic heterocycles. The lowest BCUT2D eigenvalue weighted by molar-refractivity contribution is -0.130. The summed E-state index contributed by atoms with van der Waals surface area (Å²) in [6.45, 7) is 6.89. The van der Waals surface area contributed by atoms with Crippen LogP contribution in [0.4, 0.5) is 4.79 Å². The highest BCUT2D eigenvalue weighted by molar-refractivity contribution is 7.91. The summed E-state index contributed by atoms with van der Waals surface area (Å²) in [6.07, 6.45) is 10.2. The topological polar surface area (TPSA) is 174 Å². The first-order chi connectivity index (χ1) is 24.8. The molecule has 14 nitrogen and oxygen atoms in total. The van der Waals surface area contributed by atoms with E-state index in [2.05, 4.69) is 22.3 Å². The minimum absolute atomic E-state index is 0.0191. The number of hydrogen-bond donors (Lipinski definition) is 3. The maximum atomic E-state index is 14.0. The Balaban J connectivity index is 1.26. The molecule has 3 atom stereocenters. The number of aromatic nitrogens is 3. The Morgan fingerprint density at radius 1 is 1.13 bits per heavy atom. The molecule has 1 aromatic carbocycles. The Hall–Kier alpha value is -4.66. The Labute approximate surface area is 304 Å². The Morgan fingerprint density at radius 3 is 2.65 bits per heavy atom. The molecule has 4 amide bonds. The summed E-state index contributed by atoms with van der Waals surface area (Å²) in [5.41, 5.74) is 1.33. The third kappa shape index (κ3) is 7.59. The standard InChI is InChI=1S/C37H49N7O7S/c1-6-18-44-20-14-27(41-44)29-22-31(26-12-13-30(50-5)24(2)32(26)38-29)51-21-15-28-33(45)40-37(34(46)42-52(48,49)36(3)16-17-36)23-25(37)11-9-7-8-10-19-43(4)35(47)39-28/h9,11-14,20,22,25,28H,6-8,10,15-19,21,23H2,1-5H3,(H,39,47)(H,40,45)(H,42,46)/t25-,28+,37-/m1/s1. The molecule has 280 valence electrons. The largest absolute Gasteiger partial charge is 0.496 e. The van der Waals surface area contributed by atoms with Crippen LogP contribution in [-0.2, 0) is 26.2 Å². The highest BCUT2D eigenvalue weighted by Gasteiger charge is 2.62. The summed E-state index contributed by atoms with van der Waals surface area (Å²) in [7, 11) is -0.671. The van der Waals surface area contributed by atoms with Gasteiger partial charge in [-0.25, -0.2) is 18.2 Å². The zero-order valence-electron chi connectivity index (χ0n) is 30.5. The van der Waals surface area contributed by atoms with Crippen LogP contribution < -0.4 is 24.8 Å². The number of nitrogens with zero attached hydrogens (tertiary/aromatic N) is 4. The number of urea groups is 1. The molecule has 3 aromatic rings. The number of allylic oxidation sites excluding steroid dienone is 1. The predicted octanol–water partition coefficient (Wildman–Crippen LogP) is 4.22. The maximum Gasteiger partial charge on any atom is 0.317 e. The number of pyridine rings is 1. The number of nitrogens with one attached hydrogen (secondary N) is 3. The molecule has 0 unspecified atom stereocenters. The van der Waals surface area contributed by atoms with Crippen molar-refractivity contribution in [3.8, 4) is 22.9 Å². The van der Waals surface area contributed by atoms with E-state index in [0.717, 1.165) is 43.2 Å². The number of benzene rings is 1. The van der Waals surface area contributed by atoms with Gasteiger partial charge in [-0.3, -0.25) is 19.0 Å². The zero-order chi connectivity index (χ0) is 37.3. The van der Waals surface area contributed by atoms with Gasteiger partial charge in [-0.2, -0.15) is 5.10 Å². The lowest BCUT2D eigenvalue weighted by Gasteiger charge is -2.26. The summed E-state index contributed by atoms with van der Waals surface area (Å²) >= 11 is 0. The van der Waals surface area contributed by atoms with Gasteiger partial charge in [0.2, 0.25) is 15.9 Å². The van der Waals surface area contributed by atoms with Gasteiger partial charge in [0, 0.05) is 55.7 Å². The summed E-state index contributed by atoms with van der Waals surface area (Å²) in [5.74, 6) is -0.571. The fourth-order valence-electron chi connectivity index (χ4n) is 6.56. The van der Waals surface area contributed by atoms with E-state index in [1.807, 2.05) is 54.2 Å². The average Bonchev–Trinajstić information content (AvgIpc) is 3.98. The van der Waals surface area contributed by atoms with Gasteiger partial charge in [-0.05, 0) is 77.0 Å². The number of hydrogen-bond acceptors (Lipinski definition) is 9. The molecular weight excluding hydrogens is 687 g/mol. The van der Waals surface area contributed by atoms with E-state index in [0.29, 0.717) is 47.8 Å². The number of sulfonamides is 1. The van der Waals surface area contributed by atoms with E-state index in [-0.39, 0.29) is 25.4 Å². The van der Waals surface area contributed by atoms with E-state index >= 15 is 0 Å². The van der Waals surface area contributed by atoms with E-state index < -0.39 is 44.2 Å². The summed E-state index contributed by atoms with van der Waals surface area (Å²) < 4.78 is 41.1. The van der Waals surface area contributed by atoms with Crippen LogP contribution in [0.15, 0.2) is 42.6 Å². The Kier molecular flexibility index (Phi) is 10.5. The quantitative estimate of drug-likeness (QED) is 0.244. The number of aryl methyl sites for hydroxylation is 2. The van der Waals surface area contributed by atoms with Crippen LogP contribution in [0.1, 0.15) is 70.8 Å². The third-order valence-electron chi connectivity index (χ3n) is 10.4. The molecule has 6 rings (SSSR count). The van der Waals surface area contributed by atoms with Crippen molar-refractivity contribution in [2.24, 2.45) is 5.92 Å². The van der Waals surface area contributed by atoms with Crippen LogP contribution in [0.5, 0.6) is 11.5 Å². The van der Waals surface area contributed by atoms with Crippen LogP contribution in [0.2, 0.25) is 0 Å². The van der Waals surface area contributed by atoms with Crippen molar-refractivity contribution in [2.45, 2.75) is 95.0 Å². The minimum atomic E-state index is -3.94. The number of amides is 4.